The molecule has 1 aliphatic heterocycles. The largest absolute Gasteiger partial charge is 0.389 e. The number of hydrogen-bond acceptors (Lipinski definition) is 2. The molecule has 0 saturated carbocycles. The van der Waals surface area contributed by atoms with E-state index in [0.717, 1.165) is 12.8 Å². The van der Waals surface area contributed by atoms with Crippen LogP contribution in [0.5, 0.6) is 0 Å². The molecule has 0 saturated heterocycles. The van der Waals surface area contributed by atoms with Crippen molar-refractivity contribution in [3.63, 3.8) is 0 Å². The molecule has 0 fully saturated rings. The smallest absolute Gasteiger partial charge is 0.143 e. The maximum Gasteiger partial charge on any atom is 0.143 e. The third-order valence-corrected chi connectivity index (χ3v) is 1.81. The van der Waals surface area contributed by atoms with Gasteiger partial charge in [0.2, 0.25) is 0 Å². The Balaban J connectivity index is 2.42. The van der Waals surface area contributed by atoms with Crippen molar-refractivity contribution in [2.24, 2.45) is 5.16 Å². The van der Waals surface area contributed by atoms with E-state index in [2.05, 4.69) is 32.0 Å². The summed E-state index contributed by atoms with van der Waals surface area (Å²) in [5, 5.41) is 3.76. The first kappa shape index (κ1) is 8.31. The van der Waals surface area contributed by atoms with E-state index in [1.165, 1.54) is 5.57 Å². The Morgan fingerprint density at radius 3 is 2.91 bits per heavy atom. The van der Waals surface area contributed by atoms with Crippen molar-refractivity contribution in [1.82, 2.24) is 0 Å². The lowest BCUT2D eigenvalue weighted by atomic mass is 9.98. The molecule has 0 N–H and O–H groups in total. The fourth-order valence-corrected chi connectivity index (χ4v) is 0.973. The molecule has 1 rings (SSSR count). The van der Waals surface area contributed by atoms with Crippen molar-refractivity contribution < 1.29 is 4.84 Å². The zero-order valence-corrected chi connectivity index (χ0v) is 7.42. The molecule has 62 valence electrons. The van der Waals surface area contributed by atoms with Crippen LogP contribution >= 0.6 is 0 Å². The van der Waals surface area contributed by atoms with Crippen molar-refractivity contribution in [3.05, 3.63) is 11.6 Å². The van der Waals surface area contributed by atoms with Crippen LogP contribution in [0.2, 0.25) is 0 Å². The predicted octanol–water partition coefficient (Wildman–Crippen LogP) is 2.51. The van der Waals surface area contributed by atoms with E-state index in [1.54, 1.807) is 0 Å². The zero-order chi connectivity index (χ0) is 8.32. The minimum absolute atomic E-state index is 0.0722. The Hall–Kier alpha value is -0.790. The molecule has 0 aliphatic carbocycles. The summed E-state index contributed by atoms with van der Waals surface area (Å²) in [6.45, 7) is 6.28. The molecule has 2 nitrogen and oxygen atoms in total. The third-order valence-electron chi connectivity index (χ3n) is 1.81. The average molecular weight is 153 g/mol. The minimum atomic E-state index is -0.0722. The monoisotopic (exact) mass is 153 g/mol. The third kappa shape index (κ3) is 2.37. The predicted molar refractivity (Wildman–Crippen MR) is 46.6 cm³/mol. The van der Waals surface area contributed by atoms with Crippen LogP contribution in [0.3, 0.4) is 0 Å². The molecule has 0 aromatic rings. The second-order valence-corrected chi connectivity index (χ2v) is 3.52. The van der Waals surface area contributed by atoms with Gasteiger partial charge in [-0.05, 0) is 20.8 Å². The van der Waals surface area contributed by atoms with Crippen molar-refractivity contribution in [2.45, 2.75) is 39.2 Å². The number of hydrogen-bond donors (Lipinski definition) is 0. The van der Waals surface area contributed by atoms with Crippen molar-refractivity contribution in [1.29, 1.82) is 0 Å². The second-order valence-electron chi connectivity index (χ2n) is 3.52. The first-order valence-corrected chi connectivity index (χ1v) is 3.96. The van der Waals surface area contributed by atoms with Gasteiger partial charge in [-0.15, -0.1) is 0 Å². The normalized spacial score (nSPS) is 28.3. The molecular weight excluding hydrogens is 138 g/mol. The molecule has 1 aliphatic rings. The molecule has 0 unspecified atom stereocenters. The minimum Gasteiger partial charge on any atom is -0.389 e. The maximum absolute atomic E-state index is 5.22. The van der Waals surface area contributed by atoms with Crippen molar-refractivity contribution in [2.75, 3.05) is 0 Å². The first-order chi connectivity index (χ1) is 5.12. The fourth-order valence-electron chi connectivity index (χ4n) is 0.973. The highest BCUT2D eigenvalue weighted by atomic mass is 16.7. The summed E-state index contributed by atoms with van der Waals surface area (Å²) in [7, 11) is 0. The van der Waals surface area contributed by atoms with Crippen molar-refractivity contribution >= 4 is 6.21 Å². The summed E-state index contributed by atoms with van der Waals surface area (Å²) >= 11 is 0. The van der Waals surface area contributed by atoms with Gasteiger partial charge in [-0.1, -0.05) is 16.8 Å². The average Bonchev–Trinajstić information content (AvgIpc) is 2.33. The van der Waals surface area contributed by atoms with Gasteiger partial charge in [-0.2, -0.15) is 0 Å². The molecule has 1 heterocycles. The van der Waals surface area contributed by atoms with Crippen LogP contribution < -0.4 is 0 Å². The molecule has 11 heavy (non-hydrogen) atoms. The zero-order valence-electron chi connectivity index (χ0n) is 7.42. The van der Waals surface area contributed by atoms with Crippen LogP contribution in [-0.2, 0) is 4.84 Å². The lowest BCUT2D eigenvalue weighted by Gasteiger charge is -2.18. The number of allylic oxidation sites excluding steroid dienone is 1. The van der Waals surface area contributed by atoms with Gasteiger partial charge >= 0.3 is 0 Å². The molecule has 0 spiro atoms. The van der Waals surface area contributed by atoms with E-state index in [0.29, 0.717) is 0 Å². The molecule has 0 aromatic heterocycles. The van der Waals surface area contributed by atoms with E-state index >= 15 is 0 Å². The Kier molecular flexibility index (Phi) is 2.32. The van der Waals surface area contributed by atoms with E-state index in [1.807, 2.05) is 6.21 Å². The molecule has 0 aromatic carbocycles. The number of rotatable bonds is 2. The lowest BCUT2D eigenvalue weighted by molar-refractivity contribution is -0.000867. The molecule has 0 amide bonds. The molecule has 1 atom stereocenters. The Bertz CT molecular complexity index is 182. The lowest BCUT2D eigenvalue weighted by Crippen LogP contribution is -2.21. The number of nitrogens with zero attached hydrogens (tertiary/aromatic N) is 1. The Labute approximate surface area is 67.9 Å². The fraction of sp³-hybridized carbons (Fsp3) is 0.667. The van der Waals surface area contributed by atoms with Crippen molar-refractivity contribution in [3.8, 4) is 0 Å². The highest BCUT2D eigenvalue weighted by Gasteiger charge is 2.27. The van der Waals surface area contributed by atoms with E-state index in [-0.39, 0.29) is 5.60 Å². The molecule has 0 bridgehead atoms. The van der Waals surface area contributed by atoms with Crippen LogP contribution in [-0.4, -0.2) is 11.8 Å². The van der Waals surface area contributed by atoms with Gasteiger partial charge in [0, 0.05) is 19.1 Å². The molecule has 0 radical (unpaired) electrons. The van der Waals surface area contributed by atoms with E-state index in [9.17, 15) is 0 Å². The highest BCUT2D eigenvalue weighted by Crippen LogP contribution is 2.24. The van der Waals surface area contributed by atoms with Gasteiger partial charge in [0.15, 0.2) is 0 Å². The topological polar surface area (TPSA) is 21.6 Å². The summed E-state index contributed by atoms with van der Waals surface area (Å²) in [6, 6.07) is 0. The summed E-state index contributed by atoms with van der Waals surface area (Å²) in [4.78, 5) is 5.22. The standard InChI is InChI=1S/C9H15NO/c1-8(2)4-5-9(3)6-7-10-11-9/h4,7H,5-6H2,1-3H3/t9-/m1/s1. The quantitative estimate of drug-likeness (QED) is 0.558. The summed E-state index contributed by atoms with van der Waals surface area (Å²) in [5.41, 5.74) is 1.26. The van der Waals surface area contributed by atoms with Crippen LogP contribution in [0, 0.1) is 0 Å². The summed E-state index contributed by atoms with van der Waals surface area (Å²) < 4.78 is 0. The Morgan fingerprint density at radius 2 is 2.45 bits per heavy atom. The van der Waals surface area contributed by atoms with Gasteiger partial charge in [0.1, 0.15) is 5.60 Å². The number of oxime groups is 1. The highest BCUT2D eigenvalue weighted by molar-refractivity contribution is 5.59. The van der Waals surface area contributed by atoms with Crippen LogP contribution in [0.1, 0.15) is 33.6 Å². The molecular formula is C9H15NO. The maximum atomic E-state index is 5.22. The van der Waals surface area contributed by atoms with Gasteiger partial charge in [0.05, 0.1) is 0 Å². The van der Waals surface area contributed by atoms with Gasteiger partial charge < -0.3 is 4.84 Å². The SMILES string of the molecule is CC(C)=CC[C@]1(C)CC=NO1. The first-order valence-electron chi connectivity index (χ1n) is 3.96. The van der Waals surface area contributed by atoms with Gasteiger partial charge in [-0.3, -0.25) is 0 Å². The van der Waals surface area contributed by atoms with Crippen LogP contribution in [0.25, 0.3) is 0 Å². The van der Waals surface area contributed by atoms with Gasteiger partial charge in [0.25, 0.3) is 0 Å². The van der Waals surface area contributed by atoms with E-state index < -0.39 is 0 Å². The Morgan fingerprint density at radius 1 is 1.73 bits per heavy atom. The van der Waals surface area contributed by atoms with Crippen LogP contribution in [0.4, 0.5) is 0 Å². The van der Waals surface area contributed by atoms with E-state index in [4.69, 9.17) is 4.84 Å². The summed E-state index contributed by atoms with van der Waals surface area (Å²) in [5.74, 6) is 0. The van der Waals surface area contributed by atoms with Gasteiger partial charge in [-0.25, -0.2) is 0 Å². The molecule has 2 heteroatoms. The summed E-state index contributed by atoms with van der Waals surface area (Å²) in [6.07, 6.45) is 5.90. The van der Waals surface area contributed by atoms with Crippen LogP contribution in [0.15, 0.2) is 16.8 Å². The second kappa shape index (κ2) is 3.07.